The Morgan fingerprint density at radius 1 is 1.73 bits per heavy atom. The fourth-order valence-electron chi connectivity index (χ4n) is 1.04. The van der Waals surface area contributed by atoms with Gasteiger partial charge in [-0.25, -0.2) is 9.13 Å². The normalized spacial score (nSPS) is 8.91. The van der Waals surface area contributed by atoms with Gasteiger partial charge in [0.15, 0.2) is 0 Å². The lowest BCUT2D eigenvalue weighted by Gasteiger charge is -1.90. The highest BCUT2D eigenvalue weighted by atomic mass is 127. The Labute approximate surface area is 84.6 Å². The monoisotopic (exact) mass is 264 g/mol. The predicted molar refractivity (Wildman–Crippen MR) is 41.4 cm³/mol. The van der Waals surface area contributed by atoms with Crippen LogP contribution in [0.15, 0.2) is 19.0 Å². The van der Waals surface area contributed by atoms with E-state index in [1.165, 1.54) is 5.82 Å². The molecule has 0 bridgehead atoms. The summed E-state index contributed by atoms with van der Waals surface area (Å²) in [7, 11) is 0. The molecule has 3 heteroatoms. The number of rotatable bonds is 2. The first-order valence-electron chi connectivity index (χ1n) is 3.49. The summed E-state index contributed by atoms with van der Waals surface area (Å²) in [5.74, 6) is 1.22. The summed E-state index contributed by atoms with van der Waals surface area (Å²) in [6, 6.07) is 0. The van der Waals surface area contributed by atoms with Crippen LogP contribution in [0.25, 0.3) is 6.20 Å². The van der Waals surface area contributed by atoms with Crippen LogP contribution in [0, 0.1) is 6.92 Å². The molecule has 1 heterocycles. The van der Waals surface area contributed by atoms with Crippen molar-refractivity contribution in [2.45, 2.75) is 20.4 Å². The lowest BCUT2D eigenvalue weighted by Crippen LogP contribution is -3.00. The molecule has 0 aliphatic rings. The fraction of sp³-hybridized carbons (Fsp3) is 0.375. The quantitative estimate of drug-likeness (QED) is 0.440. The molecule has 1 aromatic heterocycles. The molecule has 0 spiro atoms. The number of hydrogen-bond acceptors (Lipinski definition) is 0. The molecule has 2 nitrogen and oxygen atoms in total. The Kier molecular flexibility index (Phi) is 4.40. The van der Waals surface area contributed by atoms with Gasteiger partial charge in [0, 0.05) is 6.92 Å². The first-order chi connectivity index (χ1) is 4.79. The molecule has 0 aliphatic heterocycles. The van der Waals surface area contributed by atoms with Crippen LogP contribution in [0.3, 0.4) is 0 Å². The van der Waals surface area contributed by atoms with Crippen molar-refractivity contribution in [1.29, 1.82) is 0 Å². The third-order valence-corrected chi connectivity index (χ3v) is 1.73. The molecule has 0 saturated carbocycles. The number of nitrogens with zero attached hydrogens (tertiary/aromatic N) is 2. The van der Waals surface area contributed by atoms with E-state index in [1.54, 1.807) is 0 Å². The van der Waals surface area contributed by atoms with Gasteiger partial charge < -0.3 is 24.0 Å². The Balaban J connectivity index is 0.000001000. The largest absolute Gasteiger partial charge is 1.00 e. The molecule has 0 unspecified atom stereocenters. The molecule has 11 heavy (non-hydrogen) atoms. The molecule has 0 N–H and O–H groups in total. The lowest BCUT2D eigenvalue weighted by molar-refractivity contribution is -0.574. The van der Waals surface area contributed by atoms with Gasteiger partial charge in [-0.1, -0.05) is 6.58 Å². The van der Waals surface area contributed by atoms with Gasteiger partial charge in [0.1, 0.15) is 12.4 Å². The summed E-state index contributed by atoms with van der Waals surface area (Å²) < 4.78 is 4.17. The van der Waals surface area contributed by atoms with Crippen molar-refractivity contribution in [2.24, 2.45) is 0 Å². The zero-order valence-electron chi connectivity index (χ0n) is 6.92. The van der Waals surface area contributed by atoms with Gasteiger partial charge in [0.05, 0.1) is 12.7 Å². The van der Waals surface area contributed by atoms with Crippen LogP contribution < -0.4 is 28.5 Å². The van der Waals surface area contributed by atoms with Crippen molar-refractivity contribution in [3.8, 4) is 0 Å². The number of aryl methyl sites for hydroxylation is 1. The van der Waals surface area contributed by atoms with Gasteiger partial charge in [-0.3, -0.25) is 0 Å². The third kappa shape index (κ3) is 2.05. The van der Waals surface area contributed by atoms with Crippen molar-refractivity contribution >= 4 is 6.20 Å². The van der Waals surface area contributed by atoms with E-state index in [1.807, 2.05) is 17.0 Å². The molecule has 0 aliphatic carbocycles. The van der Waals surface area contributed by atoms with Crippen LogP contribution in [0.1, 0.15) is 12.7 Å². The average Bonchev–Trinajstić information content (AvgIpc) is 2.30. The van der Waals surface area contributed by atoms with E-state index in [4.69, 9.17) is 0 Å². The summed E-state index contributed by atoms with van der Waals surface area (Å²) in [4.78, 5) is 0. The zero-order chi connectivity index (χ0) is 7.56. The maximum atomic E-state index is 3.69. The van der Waals surface area contributed by atoms with Gasteiger partial charge in [0.25, 0.3) is 5.82 Å². The molecule has 0 fully saturated rings. The van der Waals surface area contributed by atoms with E-state index < -0.39 is 0 Å². The molecule has 0 saturated heterocycles. The summed E-state index contributed by atoms with van der Waals surface area (Å²) in [6.45, 7) is 8.91. The van der Waals surface area contributed by atoms with Gasteiger partial charge in [-0.05, 0) is 6.92 Å². The Morgan fingerprint density at radius 2 is 2.36 bits per heavy atom. The molecular weight excluding hydrogens is 251 g/mol. The minimum absolute atomic E-state index is 0. The highest BCUT2D eigenvalue weighted by Crippen LogP contribution is 1.91. The third-order valence-electron chi connectivity index (χ3n) is 1.73. The van der Waals surface area contributed by atoms with Crippen molar-refractivity contribution in [3.63, 3.8) is 0 Å². The Bertz CT molecular complexity index is 240. The van der Waals surface area contributed by atoms with E-state index in [-0.39, 0.29) is 24.0 Å². The second-order valence-corrected chi connectivity index (χ2v) is 2.22. The molecule has 1 aromatic rings. The summed E-state index contributed by atoms with van der Waals surface area (Å²) in [5.41, 5.74) is 0. The molecule has 0 radical (unpaired) electrons. The van der Waals surface area contributed by atoms with Crippen LogP contribution >= 0.6 is 0 Å². The topological polar surface area (TPSA) is 8.81 Å². The fourth-order valence-corrected chi connectivity index (χ4v) is 1.04. The zero-order valence-corrected chi connectivity index (χ0v) is 9.08. The maximum Gasteiger partial charge on any atom is 0.257 e. The van der Waals surface area contributed by atoms with Crippen molar-refractivity contribution < 1.29 is 28.5 Å². The summed E-state index contributed by atoms with van der Waals surface area (Å²) >= 11 is 0. The molecule has 62 valence electrons. The van der Waals surface area contributed by atoms with Crippen molar-refractivity contribution in [1.82, 2.24) is 4.57 Å². The van der Waals surface area contributed by atoms with Gasteiger partial charge in [0.2, 0.25) is 0 Å². The van der Waals surface area contributed by atoms with Gasteiger partial charge in [-0.15, -0.1) is 0 Å². The minimum atomic E-state index is 0. The second kappa shape index (κ2) is 4.54. The predicted octanol–water partition coefficient (Wildman–Crippen LogP) is -1.79. The van der Waals surface area contributed by atoms with E-state index in [0.717, 1.165) is 6.54 Å². The van der Waals surface area contributed by atoms with E-state index in [2.05, 4.69) is 31.2 Å². The van der Waals surface area contributed by atoms with Crippen molar-refractivity contribution in [3.05, 3.63) is 24.8 Å². The number of aromatic nitrogens is 2. The van der Waals surface area contributed by atoms with Crippen LogP contribution in [0.4, 0.5) is 0 Å². The first kappa shape index (κ1) is 10.7. The molecule has 1 rings (SSSR count). The smallest absolute Gasteiger partial charge is 0.257 e. The summed E-state index contributed by atoms with van der Waals surface area (Å²) in [6.07, 6.45) is 5.87. The highest BCUT2D eigenvalue weighted by molar-refractivity contribution is 4.98. The minimum Gasteiger partial charge on any atom is -1.00 e. The highest BCUT2D eigenvalue weighted by Gasteiger charge is 2.05. The van der Waals surface area contributed by atoms with Gasteiger partial charge >= 0.3 is 0 Å². The molecule has 0 atom stereocenters. The SMILES string of the molecule is C=C[n+]1ccn(CC)c1C.[I-]. The standard InChI is InChI=1S/C8H13N2.HI/c1-4-9-6-7-10(5-2)8(9)3;/h4,6-7H,1,5H2,2-3H3;1H/q+1;/p-1. The van der Waals surface area contributed by atoms with E-state index in [0.29, 0.717) is 0 Å². The van der Waals surface area contributed by atoms with Crippen LogP contribution in [-0.4, -0.2) is 4.57 Å². The second-order valence-electron chi connectivity index (χ2n) is 2.22. The van der Waals surface area contributed by atoms with Crippen LogP contribution in [-0.2, 0) is 6.54 Å². The number of halogens is 1. The molecule has 0 amide bonds. The van der Waals surface area contributed by atoms with E-state index in [9.17, 15) is 0 Å². The number of hydrogen-bond donors (Lipinski definition) is 0. The Hall–Kier alpha value is -0.320. The van der Waals surface area contributed by atoms with Crippen LogP contribution in [0.2, 0.25) is 0 Å². The summed E-state index contributed by atoms with van der Waals surface area (Å²) in [5, 5.41) is 0. The van der Waals surface area contributed by atoms with Crippen LogP contribution in [0.5, 0.6) is 0 Å². The van der Waals surface area contributed by atoms with E-state index >= 15 is 0 Å². The first-order valence-corrected chi connectivity index (χ1v) is 3.49. The average molecular weight is 264 g/mol. The van der Waals surface area contributed by atoms with Crippen molar-refractivity contribution in [2.75, 3.05) is 0 Å². The Morgan fingerprint density at radius 3 is 2.64 bits per heavy atom. The number of imidazole rings is 1. The molecule has 0 aromatic carbocycles. The lowest BCUT2D eigenvalue weighted by atomic mass is 10.6. The maximum absolute atomic E-state index is 3.69. The van der Waals surface area contributed by atoms with Gasteiger partial charge in [-0.2, -0.15) is 0 Å². The molecular formula is C8H13IN2.